The minimum absolute atomic E-state index is 0.122. The molecule has 2 atom stereocenters. The molecule has 1 aliphatic heterocycles. The van der Waals surface area contributed by atoms with Crippen LogP contribution in [0.5, 0.6) is 0 Å². The Bertz CT molecular complexity index is 701. The number of ketones is 1. The standard InChI is InChI=1S/C14H14N4OS/c1-8-5-9-12(10(19)6-8)13(11-3-2-4-20-11)18-14(17-9)15-7-16-18/h2-4,7-8,13H,5-6H2,1H3,(H,15,16,17)/t8-,13+/m0/s1. The lowest BCUT2D eigenvalue weighted by Gasteiger charge is -2.33. The maximum Gasteiger partial charge on any atom is 0.226 e. The van der Waals surface area contributed by atoms with Gasteiger partial charge in [-0.1, -0.05) is 13.0 Å². The summed E-state index contributed by atoms with van der Waals surface area (Å²) >= 11 is 1.65. The van der Waals surface area contributed by atoms with Gasteiger partial charge in [-0.15, -0.1) is 11.3 Å². The number of Topliss-reactive ketones (excluding diaryl/α,β-unsaturated/α-hetero) is 1. The van der Waals surface area contributed by atoms with E-state index in [2.05, 4.69) is 28.4 Å². The highest BCUT2D eigenvalue weighted by molar-refractivity contribution is 7.10. The van der Waals surface area contributed by atoms with Gasteiger partial charge in [0.25, 0.3) is 0 Å². The van der Waals surface area contributed by atoms with Gasteiger partial charge in [0.1, 0.15) is 12.4 Å². The first kappa shape index (κ1) is 11.8. The van der Waals surface area contributed by atoms with Crippen LogP contribution in [0.3, 0.4) is 0 Å². The largest absolute Gasteiger partial charge is 0.328 e. The first-order valence-electron chi connectivity index (χ1n) is 6.70. The lowest BCUT2D eigenvalue weighted by Crippen LogP contribution is -2.33. The normalized spacial score (nSPS) is 25.1. The van der Waals surface area contributed by atoms with E-state index >= 15 is 0 Å². The van der Waals surface area contributed by atoms with Crippen molar-refractivity contribution in [2.24, 2.45) is 5.92 Å². The second-order valence-corrected chi connectivity index (χ2v) is 6.38. The van der Waals surface area contributed by atoms with Crippen LogP contribution in [0.4, 0.5) is 5.95 Å². The third kappa shape index (κ3) is 1.64. The van der Waals surface area contributed by atoms with Crippen LogP contribution in [0.15, 0.2) is 35.1 Å². The Morgan fingerprint density at radius 3 is 3.15 bits per heavy atom. The molecule has 0 spiro atoms. The van der Waals surface area contributed by atoms with Gasteiger partial charge in [-0.2, -0.15) is 10.1 Å². The summed E-state index contributed by atoms with van der Waals surface area (Å²) in [5.74, 6) is 1.34. The average Bonchev–Trinajstić information content (AvgIpc) is 3.06. The van der Waals surface area contributed by atoms with Crippen LogP contribution in [-0.2, 0) is 4.79 Å². The highest BCUT2D eigenvalue weighted by Crippen LogP contribution is 2.41. The molecule has 20 heavy (non-hydrogen) atoms. The summed E-state index contributed by atoms with van der Waals surface area (Å²) in [6.45, 7) is 2.11. The minimum Gasteiger partial charge on any atom is -0.328 e. The quantitative estimate of drug-likeness (QED) is 0.875. The van der Waals surface area contributed by atoms with Gasteiger partial charge in [0.2, 0.25) is 5.95 Å². The van der Waals surface area contributed by atoms with Gasteiger partial charge in [-0.25, -0.2) is 4.68 Å². The molecule has 4 rings (SSSR count). The molecule has 0 amide bonds. The van der Waals surface area contributed by atoms with Crippen molar-refractivity contribution in [3.05, 3.63) is 40.0 Å². The molecule has 6 heteroatoms. The molecule has 0 fully saturated rings. The second-order valence-electron chi connectivity index (χ2n) is 5.40. The fraction of sp³-hybridized carbons (Fsp3) is 0.357. The van der Waals surface area contributed by atoms with E-state index in [9.17, 15) is 4.79 Å². The highest BCUT2D eigenvalue weighted by atomic mass is 32.1. The van der Waals surface area contributed by atoms with Crippen molar-refractivity contribution in [2.75, 3.05) is 5.32 Å². The fourth-order valence-corrected chi connectivity index (χ4v) is 3.87. The molecular formula is C14H14N4OS. The van der Waals surface area contributed by atoms with E-state index in [4.69, 9.17) is 0 Å². The van der Waals surface area contributed by atoms with Gasteiger partial charge in [-0.3, -0.25) is 4.79 Å². The van der Waals surface area contributed by atoms with Gasteiger partial charge in [0, 0.05) is 22.6 Å². The molecule has 0 aromatic carbocycles. The Labute approximate surface area is 120 Å². The van der Waals surface area contributed by atoms with E-state index in [-0.39, 0.29) is 11.8 Å². The molecule has 2 aromatic heterocycles. The van der Waals surface area contributed by atoms with Crippen molar-refractivity contribution in [2.45, 2.75) is 25.8 Å². The molecule has 0 saturated heterocycles. The highest BCUT2D eigenvalue weighted by Gasteiger charge is 2.38. The molecular weight excluding hydrogens is 272 g/mol. The molecule has 3 heterocycles. The maximum atomic E-state index is 12.5. The Hall–Kier alpha value is -1.95. The molecule has 1 N–H and O–H groups in total. The number of carbonyl (C=O) groups excluding carboxylic acids is 1. The van der Waals surface area contributed by atoms with Crippen molar-refractivity contribution in [3.8, 4) is 0 Å². The summed E-state index contributed by atoms with van der Waals surface area (Å²) in [4.78, 5) is 17.9. The number of hydrogen-bond donors (Lipinski definition) is 1. The average molecular weight is 286 g/mol. The molecule has 0 saturated carbocycles. The second kappa shape index (κ2) is 4.28. The Kier molecular flexibility index (Phi) is 2.53. The van der Waals surface area contributed by atoms with Crippen molar-refractivity contribution in [1.82, 2.24) is 14.8 Å². The van der Waals surface area contributed by atoms with Crippen molar-refractivity contribution >= 4 is 23.1 Å². The van der Waals surface area contributed by atoms with Crippen LogP contribution < -0.4 is 5.32 Å². The molecule has 0 bridgehead atoms. The molecule has 0 unspecified atom stereocenters. The van der Waals surface area contributed by atoms with E-state index in [0.29, 0.717) is 12.3 Å². The van der Waals surface area contributed by atoms with Crippen LogP contribution in [0, 0.1) is 5.92 Å². The van der Waals surface area contributed by atoms with Gasteiger partial charge in [0.05, 0.1) is 0 Å². The zero-order valence-electron chi connectivity index (χ0n) is 11.0. The van der Waals surface area contributed by atoms with Crippen LogP contribution >= 0.6 is 11.3 Å². The molecule has 0 radical (unpaired) electrons. The van der Waals surface area contributed by atoms with Crippen molar-refractivity contribution in [3.63, 3.8) is 0 Å². The SMILES string of the molecule is C[C@@H]1CC(=O)C2=C(C1)Nc1ncnn1[C@@H]2c1cccs1. The first-order valence-corrected chi connectivity index (χ1v) is 7.58. The molecule has 1 aliphatic carbocycles. The summed E-state index contributed by atoms with van der Waals surface area (Å²) in [6, 6.07) is 3.94. The third-order valence-corrected chi connectivity index (χ3v) is 4.80. The summed E-state index contributed by atoms with van der Waals surface area (Å²) in [7, 11) is 0. The van der Waals surface area contributed by atoms with Gasteiger partial charge >= 0.3 is 0 Å². The number of allylic oxidation sites excluding steroid dienone is 2. The predicted octanol–water partition coefficient (Wildman–Crippen LogP) is 2.61. The number of fused-ring (bicyclic) bond motifs is 1. The van der Waals surface area contributed by atoms with Crippen LogP contribution in [-0.4, -0.2) is 20.5 Å². The number of aromatic nitrogens is 3. The van der Waals surface area contributed by atoms with Crippen LogP contribution in [0.25, 0.3) is 0 Å². The summed E-state index contributed by atoms with van der Waals surface area (Å²) < 4.78 is 1.82. The Morgan fingerprint density at radius 1 is 1.45 bits per heavy atom. The number of carbonyl (C=O) groups is 1. The minimum atomic E-state index is -0.122. The van der Waals surface area contributed by atoms with Crippen LogP contribution in [0.1, 0.15) is 30.7 Å². The lowest BCUT2D eigenvalue weighted by molar-refractivity contribution is -0.117. The number of hydrogen-bond acceptors (Lipinski definition) is 5. The van der Waals surface area contributed by atoms with Gasteiger partial charge in [0.15, 0.2) is 5.78 Å². The summed E-state index contributed by atoms with van der Waals surface area (Å²) in [6.07, 6.45) is 3.05. The number of rotatable bonds is 1. The summed E-state index contributed by atoms with van der Waals surface area (Å²) in [5.41, 5.74) is 1.89. The fourth-order valence-electron chi connectivity index (χ4n) is 3.06. The van der Waals surface area contributed by atoms with E-state index in [1.807, 2.05) is 16.1 Å². The lowest BCUT2D eigenvalue weighted by atomic mass is 9.83. The third-order valence-electron chi connectivity index (χ3n) is 3.88. The zero-order chi connectivity index (χ0) is 13.7. The monoisotopic (exact) mass is 286 g/mol. The number of nitrogens with one attached hydrogen (secondary N) is 1. The molecule has 2 aliphatic rings. The zero-order valence-corrected chi connectivity index (χ0v) is 11.9. The van der Waals surface area contributed by atoms with Gasteiger partial charge in [-0.05, 0) is 23.8 Å². The Morgan fingerprint density at radius 2 is 2.35 bits per heavy atom. The molecule has 5 nitrogen and oxygen atoms in total. The van der Waals surface area contributed by atoms with Gasteiger partial charge < -0.3 is 5.32 Å². The number of nitrogens with zero attached hydrogens (tertiary/aromatic N) is 3. The maximum absolute atomic E-state index is 12.5. The number of anilines is 1. The van der Waals surface area contributed by atoms with E-state index in [1.54, 1.807) is 11.3 Å². The van der Waals surface area contributed by atoms with Crippen molar-refractivity contribution in [1.29, 1.82) is 0 Å². The topological polar surface area (TPSA) is 59.8 Å². The summed E-state index contributed by atoms with van der Waals surface area (Å²) in [5, 5.41) is 9.62. The Balaban J connectivity index is 1.91. The molecule has 2 aromatic rings. The first-order chi connectivity index (χ1) is 9.74. The van der Waals surface area contributed by atoms with Crippen molar-refractivity contribution < 1.29 is 4.79 Å². The predicted molar refractivity (Wildman–Crippen MR) is 76.5 cm³/mol. The van der Waals surface area contributed by atoms with E-state index < -0.39 is 0 Å². The van der Waals surface area contributed by atoms with Crippen LogP contribution in [0.2, 0.25) is 0 Å². The molecule has 102 valence electrons. The van der Waals surface area contributed by atoms with E-state index in [0.717, 1.165) is 28.5 Å². The smallest absolute Gasteiger partial charge is 0.226 e. The van der Waals surface area contributed by atoms with E-state index in [1.165, 1.54) is 6.33 Å². The number of thiophene rings is 1.